The van der Waals surface area contributed by atoms with E-state index < -0.39 is 0 Å². The topological polar surface area (TPSA) is 43.8 Å². The Hall–Kier alpha value is -1.48. The average Bonchev–Trinajstić information content (AvgIpc) is 2.93. The average molecular weight is 288 g/mol. The molecule has 2 saturated carbocycles. The Morgan fingerprint density at radius 3 is 2.45 bits per heavy atom. The van der Waals surface area contributed by atoms with Crippen LogP contribution in [0.1, 0.15) is 30.9 Å². The standard InChI is InChI=1S/C16H18ClN3/c1-20-16(18)14(9-2-4-13(17)5-3-9)15(19-20)12-7-10-6-11(10)8-12/h2-5,10-12H,6-8,18H2,1H3. The first-order valence-corrected chi connectivity index (χ1v) is 7.59. The van der Waals surface area contributed by atoms with E-state index in [1.54, 1.807) is 0 Å². The number of nitrogen functional groups attached to an aromatic ring is 1. The molecule has 0 bridgehead atoms. The number of hydrogen-bond donors (Lipinski definition) is 1. The Kier molecular flexibility index (Phi) is 2.61. The Balaban J connectivity index is 1.79. The SMILES string of the molecule is Cn1nc(C2CC3CC3C2)c(-c2ccc(Cl)cc2)c1N. The van der Waals surface area contributed by atoms with Gasteiger partial charge in [0.1, 0.15) is 5.82 Å². The van der Waals surface area contributed by atoms with E-state index in [2.05, 4.69) is 0 Å². The number of nitrogens with two attached hydrogens (primary N) is 1. The molecule has 1 aromatic heterocycles. The molecule has 2 aliphatic carbocycles. The normalized spacial score (nSPS) is 27.6. The summed E-state index contributed by atoms with van der Waals surface area (Å²) in [6.45, 7) is 0. The summed E-state index contributed by atoms with van der Waals surface area (Å²) in [6, 6.07) is 7.90. The van der Waals surface area contributed by atoms with E-state index >= 15 is 0 Å². The fraction of sp³-hybridized carbons (Fsp3) is 0.438. The van der Waals surface area contributed by atoms with Crippen molar-refractivity contribution in [2.75, 3.05) is 5.73 Å². The molecule has 2 unspecified atom stereocenters. The second-order valence-corrected chi connectivity index (χ2v) is 6.64. The van der Waals surface area contributed by atoms with E-state index in [0.717, 1.165) is 33.8 Å². The monoisotopic (exact) mass is 287 g/mol. The maximum Gasteiger partial charge on any atom is 0.129 e. The molecule has 2 fully saturated rings. The summed E-state index contributed by atoms with van der Waals surface area (Å²) in [5, 5.41) is 5.45. The number of nitrogens with zero attached hydrogens (tertiary/aromatic N) is 2. The van der Waals surface area contributed by atoms with E-state index in [9.17, 15) is 0 Å². The van der Waals surface area contributed by atoms with Gasteiger partial charge in [0.05, 0.1) is 5.69 Å². The van der Waals surface area contributed by atoms with Crippen molar-refractivity contribution in [2.45, 2.75) is 25.2 Å². The van der Waals surface area contributed by atoms with Crippen LogP contribution in [0.25, 0.3) is 11.1 Å². The van der Waals surface area contributed by atoms with Gasteiger partial charge in [-0.1, -0.05) is 23.7 Å². The molecule has 0 spiro atoms. The Labute approximate surface area is 123 Å². The first-order chi connectivity index (χ1) is 9.63. The van der Waals surface area contributed by atoms with E-state index in [0.29, 0.717) is 5.92 Å². The number of benzene rings is 1. The van der Waals surface area contributed by atoms with E-state index in [1.807, 2.05) is 36.0 Å². The highest BCUT2D eigenvalue weighted by Gasteiger charge is 2.47. The molecule has 4 heteroatoms. The quantitative estimate of drug-likeness (QED) is 0.912. The van der Waals surface area contributed by atoms with Crippen molar-refractivity contribution < 1.29 is 0 Å². The van der Waals surface area contributed by atoms with Crippen LogP contribution >= 0.6 is 11.6 Å². The van der Waals surface area contributed by atoms with Gasteiger partial charge in [-0.25, -0.2) is 0 Å². The number of halogens is 1. The van der Waals surface area contributed by atoms with Crippen molar-refractivity contribution in [3.8, 4) is 11.1 Å². The molecule has 4 rings (SSSR count). The van der Waals surface area contributed by atoms with Crippen LogP contribution in [0.5, 0.6) is 0 Å². The Bertz CT molecular complexity index is 649. The second kappa shape index (κ2) is 4.26. The molecule has 0 aliphatic heterocycles. The van der Waals surface area contributed by atoms with E-state index in [-0.39, 0.29) is 0 Å². The highest BCUT2D eigenvalue weighted by molar-refractivity contribution is 6.30. The molecular weight excluding hydrogens is 270 g/mol. The first kappa shape index (κ1) is 12.3. The lowest BCUT2D eigenvalue weighted by molar-refractivity contribution is 0.594. The maximum atomic E-state index is 6.25. The summed E-state index contributed by atoms with van der Waals surface area (Å²) < 4.78 is 1.81. The predicted octanol–water partition coefficient (Wildman–Crippen LogP) is 3.84. The number of aryl methyl sites for hydroxylation is 1. The van der Waals surface area contributed by atoms with Crippen molar-refractivity contribution in [2.24, 2.45) is 18.9 Å². The molecule has 20 heavy (non-hydrogen) atoms. The Morgan fingerprint density at radius 2 is 1.80 bits per heavy atom. The molecule has 2 aliphatic rings. The van der Waals surface area contributed by atoms with Gasteiger partial charge in [0.25, 0.3) is 0 Å². The lowest BCUT2D eigenvalue weighted by atomic mass is 9.93. The zero-order chi connectivity index (χ0) is 13.9. The minimum atomic E-state index is 0.577. The molecule has 104 valence electrons. The summed E-state index contributed by atoms with van der Waals surface area (Å²) in [6.07, 6.45) is 3.98. The van der Waals surface area contributed by atoms with Gasteiger partial charge in [-0.05, 0) is 48.8 Å². The lowest BCUT2D eigenvalue weighted by Crippen LogP contribution is -2.00. The summed E-state index contributed by atoms with van der Waals surface area (Å²) in [7, 11) is 1.92. The number of rotatable bonds is 2. The third-order valence-corrected chi connectivity index (χ3v) is 5.13. The summed E-state index contributed by atoms with van der Waals surface area (Å²) >= 11 is 5.98. The molecule has 3 nitrogen and oxygen atoms in total. The van der Waals surface area contributed by atoms with Gasteiger partial charge in [-0.2, -0.15) is 5.10 Å². The molecule has 0 saturated heterocycles. The minimum absolute atomic E-state index is 0.577. The lowest BCUT2D eigenvalue weighted by Gasteiger charge is -2.11. The largest absolute Gasteiger partial charge is 0.383 e. The minimum Gasteiger partial charge on any atom is -0.383 e. The molecule has 2 atom stereocenters. The molecule has 2 N–H and O–H groups in total. The van der Waals surface area contributed by atoms with Crippen LogP contribution in [0, 0.1) is 11.8 Å². The van der Waals surface area contributed by atoms with Gasteiger partial charge in [0.15, 0.2) is 0 Å². The van der Waals surface area contributed by atoms with Crippen LogP contribution < -0.4 is 5.73 Å². The van der Waals surface area contributed by atoms with Crippen LogP contribution in [0.4, 0.5) is 5.82 Å². The van der Waals surface area contributed by atoms with Gasteiger partial charge in [-0.3, -0.25) is 4.68 Å². The number of hydrogen-bond acceptors (Lipinski definition) is 2. The van der Waals surface area contributed by atoms with Gasteiger partial charge < -0.3 is 5.73 Å². The highest BCUT2D eigenvalue weighted by atomic mass is 35.5. The van der Waals surface area contributed by atoms with Gasteiger partial charge in [-0.15, -0.1) is 0 Å². The number of anilines is 1. The van der Waals surface area contributed by atoms with Crippen LogP contribution in [-0.2, 0) is 7.05 Å². The molecular formula is C16H18ClN3. The van der Waals surface area contributed by atoms with Crippen molar-refractivity contribution in [1.29, 1.82) is 0 Å². The molecule has 1 aromatic carbocycles. The van der Waals surface area contributed by atoms with Gasteiger partial charge in [0.2, 0.25) is 0 Å². The summed E-state index contributed by atoms with van der Waals surface area (Å²) in [5.41, 5.74) is 9.66. The van der Waals surface area contributed by atoms with E-state index in [4.69, 9.17) is 22.4 Å². The van der Waals surface area contributed by atoms with E-state index in [1.165, 1.54) is 25.0 Å². The van der Waals surface area contributed by atoms with Crippen molar-refractivity contribution >= 4 is 17.4 Å². The highest BCUT2D eigenvalue weighted by Crippen LogP contribution is 2.58. The zero-order valence-electron chi connectivity index (χ0n) is 11.5. The molecule has 2 aromatic rings. The molecule has 0 radical (unpaired) electrons. The second-order valence-electron chi connectivity index (χ2n) is 6.20. The van der Waals surface area contributed by atoms with Crippen molar-refractivity contribution in [3.63, 3.8) is 0 Å². The molecule has 0 amide bonds. The smallest absolute Gasteiger partial charge is 0.129 e. The zero-order valence-corrected chi connectivity index (χ0v) is 12.3. The maximum absolute atomic E-state index is 6.25. The number of fused-ring (bicyclic) bond motifs is 1. The summed E-state index contributed by atoms with van der Waals surface area (Å²) in [5.74, 6) is 3.22. The third kappa shape index (κ3) is 1.84. The number of aromatic nitrogens is 2. The fourth-order valence-electron chi connectivity index (χ4n) is 3.69. The Morgan fingerprint density at radius 1 is 1.15 bits per heavy atom. The van der Waals surface area contributed by atoms with Crippen LogP contribution in [0.3, 0.4) is 0 Å². The molecule has 1 heterocycles. The van der Waals surface area contributed by atoms with Gasteiger partial charge in [0, 0.05) is 23.6 Å². The van der Waals surface area contributed by atoms with Crippen LogP contribution in [0.15, 0.2) is 24.3 Å². The predicted molar refractivity (Wildman–Crippen MR) is 81.6 cm³/mol. The fourth-order valence-corrected chi connectivity index (χ4v) is 3.82. The third-order valence-electron chi connectivity index (χ3n) is 4.88. The van der Waals surface area contributed by atoms with Gasteiger partial charge >= 0.3 is 0 Å². The van der Waals surface area contributed by atoms with Crippen LogP contribution in [0.2, 0.25) is 5.02 Å². The first-order valence-electron chi connectivity index (χ1n) is 7.21. The van der Waals surface area contributed by atoms with Crippen molar-refractivity contribution in [3.05, 3.63) is 35.0 Å². The summed E-state index contributed by atoms with van der Waals surface area (Å²) in [4.78, 5) is 0. The van der Waals surface area contributed by atoms with Crippen LogP contribution in [-0.4, -0.2) is 9.78 Å². The van der Waals surface area contributed by atoms with Crippen molar-refractivity contribution in [1.82, 2.24) is 9.78 Å².